The Hall–Kier alpha value is -0.0400. The first-order valence-electron chi connectivity index (χ1n) is 12.6. The highest BCUT2D eigenvalue weighted by Gasteiger charge is 2.06. The van der Waals surface area contributed by atoms with Gasteiger partial charge in [0.15, 0.2) is 0 Å². The van der Waals surface area contributed by atoms with Crippen molar-refractivity contribution in [1.82, 2.24) is 5.32 Å². The summed E-state index contributed by atoms with van der Waals surface area (Å²) < 4.78 is 0. The Morgan fingerprint density at radius 1 is 0.423 bits per heavy atom. The summed E-state index contributed by atoms with van der Waals surface area (Å²) in [5, 5.41) is 3.73. The van der Waals surface area contributed by atoms with Gasteiger partial charge < -0.3 is 5.32 Å². The first kappa shape index (κ1) is 26.0. The van der Waals surface area contributed by atoms with Crippen molar-refractivity contribution in [2.75, 3.05) is 6.54 Å². The minimum atomic E-state index is 0.786. The summed E-state index contributed by atoms with van der Waals surface area (Å²) in [6, 6.07) is 0.786. The second kappa shape index (κ2) is 23.0. The van der Waals surface area contributed by atoms with Crippen molar-refractivity contribution in [3.05, 3.63) is 0 Å². The van der Waals surface area contributed by atoms with E-state index in [4.69, 9.17) is 0 Å². The fraction of sp³-hybridized carbons (Fsp3) is 1.00. The molecule has 0 aromatic rings. The molecule has 0 amide bonds. The van der Waals surface area contributed by atoms with Gasteiger partial charge in [0, 0.05) is 6.04 Å². The van der Waals surface area contributed by atoms with Crippen LogP contribution >= 0.6 is 0 Å². The molecule has 0 radical (unpaired) electrons. The van der Waals surface area contributed by atoms with Gasteiger partial charge in [0.05, 0.1) is 0 Å². The van der Waals surface area contributed by atoms with Gasteiger partial charge in [0.1, 0.15) is 0 Å². The van der Waals surface area contributed by atoms with Crippen LogP contribution in [0.3, 0.4) is 0 Å². The molecule has 1 N–H and O–H groups in total. The van der Waals surface area contributed by atoms with Gasteiger partial charge in [-0.2, -0.15) is 0 Å². The Kier molecular flexibility index (Phi) is 23.0. The normalized spacial score (nSPS) is 12.6. The summed E-state index contributed by atoms with van der Waals surface area (Å²) in [7, 11) is 0. The molecular formula is C25H53N. The molecular weight excluding hydrogens is 314 g/mol. The molecule has 1 heteroatoms. The van der Waals surface area contributed by atoms with Crippen LogP contribution in [0.1, 0.15) is 149 Å². The van der Waals surface area contributed by atoms with Gasteiger partial charge in [-0.1, -0.05) is 136 Å². The molecule has 1 unspecified atom stereocenters. The molecule has 158 valence electrons. The Morgan fingerprint density at radius 2 is 0.731 bits per heavy atom. The largest absolute Gasteiger partial charge is 0.314 e. The zero-order valence-electron chi connectivity index (χ0n) is 18.9. The quantitative estimate of drug-likeness (QED) is 0.188. The van der Waals surface area contributed by atoms with E-state index in [1.165, 1.54) is 128 Å². The molecule has 0 aromatic heterocycles. The van der Waals surface area contributed by atoms with Crippen LogP contribution in [-0.4, -0.2) is 12.6 Å². The molecule has 0 aromatic carbocycles. The van der Waals surface area contributed by atoms with Crippen LogP contribution in [-0.2, 0) is 0 Å². The molecule has 0 spiro atoms. The van der Waals surface area contributed by atoms with Gasteiger partial charge in [-0.25, -0.2) is 0 Å². The maximum Gasteiger partial charge on any atom is 0.00669 e. The smallest absolute Gasteiger partial charge is 0.00669 e. The summed E-state index contributed by atoms with van der Waals surface area (Å²) >= 11 is 0. The third-order valence-electron chi connectivity index (χ3n) is 5.81. The van der Waals surface area contributed by atoms with Crippen molar-refractivity contribution in [3.63, 3.8) is 0 Å². The molecule has 0 heterocycles. The second-order valence-electron chi connectivity index (χ2n) is 8.49. The second-order valence-corrected chi connectivity index (χ2v) is 8.49. The number of rotatable bonds is 22. The van der Waals surface area contributed by atoms with Gasteiger partial charge in [0.2, 0.25) is 0 Å². The summed E-state index contributed by atoms with van der Waals surface area (Å²) in [4.78, 5) is 0. The number of nitrogens with one attached hydrogen (secondary N) is 1. The van der Waals surface area contributed by atoms with Crippen LogP contribution in [0.15, 0.2) is 0 Å². The summed E-state index contributed by atoms with van der Waals surface area (Å²) in [5.74, 6) is 0. The third-order valence-corrected chi connectivity index (χ3v) is 5.81. The Labute approximate surface area is 167 Å². The number of hydrogen-bond acceptors (Lipinski definition) is 1. The summed E-state index contributed by atoms with van der Waals surface area (Å²) in [6.45, 7) is 8.00. The van der Waals surface area contributed by atoms with Crippen LogP contribution < -0.4 is 5.32 Å². The minimum Gasteiger partial charge on any atom is -0.314 e. The lowest BCUT2D eigenvalue weighted by Gasteiger charge is -2.17. The molecule has 26 heavy (non-hydrogen) atoms. The maximum atomic E-state index is 3.73. The zero-order chi connectivity index (χ0) is 19.1. The fourth-order valence-electron chi connectivity index (χ4n) is 4.04. The van der Waals surface area contributed by atoms with Crippen molar-refractivity contribution in [2.45, 2.75) is 155 Å². The van der Waals surface area contributed by atoms with Gasteiger partial charge in [0.25, 0.3) is 0 Å². The van der Waals surface area contributed by atoms with E-state index < -0.39 is 0 Å². The average molecular weight is 368 g/mol. The standard InChI is InChI=1S/C25H53N/c1-4-7-9-11-13-15-16-18-20-22-24-25(26-6-3)23-21-19-17-14-12-10-8-5-2/h25-26H,4-24H2,1-3H3. The van der Waals surface area contributed by atoms with Crippen LogP contribution in [0, 0.1) is 0 Å². The predicted octanol–water partition coefficient (Wildman–Crippen LogP) is 8.81. The van der Waals surface area contributed by atoms with E-state index in [-0.39, 0.29) is 0 Å². The Bertz CT molecular complexity index is 238. The van der Waals surface area contributed by atoms with E-state index in [2.05, 4.69) is 26.1 Å². The van der Waals surface area contributed by atoms with Gasteiger partial charge in [-0.3, -0.25) is 0 Å². The topological polar surface area (TPSA) is 12.0 Å². The lowest BCUT2D eigenvalue weighted by molar-refractivity contribution is 0.418. The Morgan fingerprint density at radius 3 is 1.04 bits per heavy atom. The van der Waals surface area contributed by atoms with Gasteiger partial charge in [-0.05, 0) is 19.4 Å². The molecule has 0 aliphatic rings. The highest BCUT2D eigenvalue weighted by molar-refractivity contribution is 4.66. The molecule has 0 saturated heterocycles. The van der Waals surface area contributed by atoms with Crippen molar-refractivity contribution in [2.24, 2.45) is 0 Å². The van der Waals surface area contributed by atoms with Gasteiger partial charge >= 0.3 is 0 Å². The molecule has 1 atom stereocenters. The number of unbranched alkanes of at least 4 members (excludes halogenated alkanes) is 16. The van der Waals surface area contributed by atoms with E-state index in [0.29, 0.717) is 0 Å². The van der Waals surface area contributed by atoms with Crippen LogP contribution in [0.4, 0.5) is 0 Å². The van der Waals surface area contributed by atoms with E-state index in [1.54, 1.807) is 0 Å². The molecule has 0 bridgehead atoms. The fourth-order valence-corrected chi connectivity index (χ4v) is 4.04. The highest BCUT2D eigenvalue weighted by atomic mass is 14.9. The predicted molar refractivity (Wildman–Crippen MR) is 121 cm³/mol. The monoisotopic (exact) mass is 367 g/mol. The van der Waals surface area contributed by atoms with Crippen molar-refractivity contribution >= 4 is 0 Å². The van der Waals surface area contributed by atoms with Crippen LogP contribution in [0.2, 0.25) is 0 Å². The Balaban J connectivity index is 3.41. The van der Waals surface area contributed by atoms with Crippen molar-refractivity contribution in [3.8, 4) is 0 Å². The summed E-state index contributed by atoms with van der Waals surface area (Å²) in [6.07, 6.45) is 28.8. The molecule has 0 aliphatic carbocycles. The average Bonchev–Trinajstić information content (AvgIpc) is 2.65. The first-order valence-corrected chi connectivity index (χ1v) is 12.6. The maximum absolute atomic E-state index is 3.73. The van der Waals surface area contributed by atoms with E-state index in [9.17, 15) is 0 Å². The van der Waals surface area contributed by atoms with Gasteiger partial charge in [-0.15, -0.1) is 0 Å². The van der Waals surface area contributed by atoms with Crippen molar-refractivity contribution in [1.29, 1.82) is 0 Å². The first-order chi connectivity index (χ1) is 12.8. The molecule has 0 fully saturated rings. The van der Waals surface area contributed by atoms with E-state index in [0.717, 1.165) is 12.6 Å². The number of hydrogen-bond donors (Lipinski definition) is 1. The van der Waals surface area contributed by atoms with Crippen molar-refractivity contribution < 1.29 is 0 Å². The van der Waals surface area contributed by atoms with E-state index >= 15 is 0 Å². The highest BCUT2D eigenvalue weighted by Crippen LogP contribution is 2.15. The minimum absolute atomic E-state index is 0.786. The molecule has 0 rings (SSSR count). The van der Waals surface area contributed by atoms with Crippen LogP contribution in [0.5, 0.6) is 0 Å². The SMILES string of the molecule is CCCCCCCCCCCCC(CCCCCCCCCC)NCC. The molecule has 0 aliphatic heterocycles. The lowest BCUT2D eigenvalue weighted by atomic mass is 9.99. The summed E-state index contributed by atoms with van der Waals surface area (Å²) in [5.41, 5.74) is 0. The van der Waals surface area contributed by atoms with Crippen LogP contribution in [0.25, 0.3) is 0 Å². The lowest BCUT2D eigenvalue weighted by Crippen LogP contribution is -2.28. The zero-order valence-corrected chi connectivity index (χ0v) is 18.9. The van der Waals surface area contributed by atoms with E-state index in [1.807, 2.05) is 0 Å². The molecule has 0 saturated carbocycles. The molecule has 1 nitrogen and oxygen atoms in total. The third kappa shape index (κ3) is 20.3.